The molecular formula is C23H24N4O4. The molecular weight excluding hydrogens is 396 g/mol. The Kier molecular flexibility index (Phi) is 5.97. The van der Waals surface area contributed by atoms with Crippen LogP contribution < -0.4 is 21.1 Å². The highest BCUT2D eigenvalue weighted by atomic mass is 16.5. The summed E-state index contributed by atoms with van der Waals surface area (Å²) in [5, 5.41) is 0.486. The second kappa shape index (κ2) is 8.99. The minimum atomic E-state index is -0.464. The van der Waals surface area contributed by atoms with Crippen LogP contribution in [-0.2, 0) is 17.8 Å². The van der Waals surface area contributed by atoms with Gasteiger partial charge in [-0.1, -0.05) is 12.1 Å². The first-order valence-corrected chi connectivity index (χ1v) is 10.3. The zero-order valence-electron chi connectivity index (χ0n) is 17.3. The quantitative estimate of drug-likeness (QED) is 0.471. The van der Waals surface area contributed by atoms with Crippen LogP contribution in [0.15, 0.2) is 47.3 Å². The molecule has 0 saturated carbocycles. The number of ether oxygens (including phenoxy) is 1. The summed E-state index contributed by atoms with van der Waals surface area (Å²) in [6.45, 7) is 3.07. The summed E-state index contributed by atoms with van der Waals surface area (Å²) >= 11 is 0. The second-order valence-corrected chi connectivity index (χ2v) is 7.59. The Morgan fingerprint density at radius 3 is 2.87 bits per heavy atom. The third-order valence-corrected chi connectivity index (χ3v) is 5.20. The number of carbonyl (C=O) groups excluding carboxylic acids is 2. The maximum Gasteiger partial charge on any atom is 0.269 e. The molecule has 0 aliphatic carbocycles. The Balaban J connectivity index is 1.28. The van der Waals surface area contributed by atoms with Gasteiger partial charge in [0.15, 0.2) is 0 Å². The zero-order chi connectivity index (χ0) is 21.8. The van der Waals surface area contributed by atoms with Crippen molar-refractivity contribution in [2.75, 3.05) is 6.61 Å². The number of nitrogens with zero attached hydrogens (tertiary/aromatic N) is 2. The van der Waals surface area contributed by atoms with Gasteiger partial charge < -0.3 is 4.74 Å². The lowest BCUT2D eigenvalue weighted by Crippen LogP contribution is -2.41. The summed E-state index contributed by atoms with van der Waals surface area (Å²) < 4.78 is 7.30. The van der Waals surface area contributed by atoms with Crippen molar-refractivity contribution in [2.45, 2.75) is 39.2 Å². The van der Waals surface area contributed by atoms with Gasteiger partial charge in [-0.3, -0.25) is 29.8 Å². The fourth-order valence-electron chi connectivity index (χ4n) is 3.61. The highest BCUT2D eigenvalue weighted by Crippen LogP contribution is 2.16. The van der Waals surface area contributed by atoms with Crippen LogP contribution in [0, 0.1) is 6.92 Å². The van der Waals surface area contributed by atoms with Gasteiger partial charge in [0.2, 0.25) is 5.91 Å². The normalized spacial score (nSPS) is 12.4. The summed E-state index contributed by atoms with van der Waals surface area (Å²) in [4.78, 5) is 41.4. The molecule has 1 aliphatic heterocycles. The van der Waals surface area contributed by atoms with Crippen LogP contribution in [0.1, 0.15) is 41.0 Å². The average molecular weight is 420 g/mol. The number of carbonyl (C=O) groups is 2. The predicted octanol–water partition coefficient (Wildman–Crippen LogP) is 2.27. The Morgan fingerprint density at radius 1 is 1.16 bits per heavy atom. The molecule has 8 heteroatoms. The van der Waals surface area contributed by atoms with Crippen LogP contribution in [0.25, 0.3) is 10.9 Å². The predicted molar refractivity (Wildman–Crippen MR) is 116 cm³/mol. The van der Waals surface area contributed by atoms with Gasteiger partial charge in [0.1, 0.15) is 11.6 Å². The molecule has 2 heterocycles. The van der Waals surface area contributed by atoms with E-state index < -0.39 is 5.91 Å². The van der Waals surface area contributed by atoms with E-state index in [-0.39, 0.29) is 17.9 Å². The first-order chi connectivity index (χ1) is 15.0. The van der Waals surface area contributed by atoms with E-state index in [9.17, 15) is 14.4 Å². The fraction of sp³-hybridized carbons (Fsp3) is 0.304. The minimum Gasteiger partial charge on any atom is -0.494 e. The van der Waals surface area contributed by atoms with E-state index in [0.29, 0.717) is 36.0 Å². The molecule has 2 N–H and O–H groups in total. The van der Waals surface area contributed by atoms with Crippen molar-refractivity contribution in [1.29, 1.82) is 0 Å². The molecule has 0 bridgehead atoms. The topological polar surface area (TPSA) is 102 Å². The number of hydrogen-bond donors (Lipinski definition) is 2. The fourth-order valence-corrected chi connectivity index (χ4v) is 3.61. The molecule has 2 aromatic carbocycles. The van der Waals surface area contributed by atoms with Gasteiger partial charge in [0.05, 0.1) is 17.5 Å². The van der Waals surface area contributed by atoms with Crippen molar-refractivity contribution < 1.29 is 14.3 Å². The number of hydrogen-bond acceptors (Lipinski definition) is 5. The first kappa shape index (κ1) is 20.6. The summed E-state index contributed by atoms with van der Waals surface area (Å²) in [5.41, 5.74) is 6.66. The third-order valence-electron chi connectivity index (χ3n) is 5.20. The smallest absolute Gasteiger partial charge is 0.269 e. The van der Waals surface area contributed by atoms with Crippen molar-refractivity contribution in [1.82, 2.24) is 20.4 Å². The number of benzene rings is 2. The van der Waals surface area contributed by atoms with E-state index >= 15 is 0 Å². The van der Waals surface area contributed by atoms with E-state index in [1.54, 1.807) is 22.8 Å². The maximum absolute atomic E-state index is 12.5. The summed E-state index contributed by atoms with van der Waals surface area (Å²) in [7, 11) is 0. The summed E-state index contributed by atoms with van der Waals surface area (Å²) in [6, 6.07) is 12.4. The average Bonchev–Trinajstić information content (AvgIpc) is 3.24. The number of hydrazine groups is 1. The highest BCUT2D eigenvalue weighted by Gasteiger charge is 2.17. The van der Waals surface area contributed by atoms with Gasteiger partial charge in [-0.15, -0.1) is 0 Å². The van der Waals surface area contributed by atoms with Crippen molar-refractivity contribution >= 4 is 22.7 Å². The minimum absolute atomic E-state index is 0.0781. The van der Waals surface area contributed by atoms with E-state index in [0.717, 1.165) is 30.0 Å². The molecule has 160 valence electrons. The highest BCUT2D eigenvalue weighted by molar-refractivity contribution is 5.98. The zero-order valence-corrected chi connectivity index (χ0v) is 17.3. The number of aromatic nitrogens is 2. The molecule has 1 aromatic heterocycles. The maximum atomic E-state index is 12.5. The Morgan fingerprint density at radius 2 is 2.03 bits per heavy atom. The molecule has 0 radical (unpaired) electrons. The summed E-state index contributed by atoms with van der Waals surface area (Å²) in [5.74, 6) is 0.741. The Hall–Kier alpha value is -3.68. The number of nitrogens with one attached hydrogen (secondary N) is 2. The number of fused-ring (bicyclic) bond motifs is 2. The molecule has 4 rings (SSSR count). The molecule has 0 spiro atoms. The van der Waals surface area contributed by atoms with Crippen LogP contribution in [0.2, 0.25) is 0 Å². The standard InChI is InChI=1S/C23H24N4O4/c1-15-5-2-6-17(13-15)31-12-4-8-21(28)25-26-22(29)16-9-10-18-19(14-16)24-20-7-3-11-27(20)23(18)30/h2,5-6,9-10,13-14H,3-4,7-8,11-12H2,1H3,(H,25,28)(H,26,29). The Bertz CT molecular complexity index is 1200. The lowest BCUT2D eigenvalue weighted by atomic mass is 10.1. The lowest BCUT2D eigenvalue weighted by molar-refractivity contribution is -0.122. The molecule has 0 atom stereocenters. The van der Waals surface area contributed by atoms with Crippen molar-refractivity contribution in [3.63, 3.8) is 0 Å². The molecule has 0 fully saturated rings. The Labute approximate surface area is 179 Å². The first-order valence-electron chi connectivity index (χ1n) is 10.3. The summed E-state index contributed by atoms with van der Waals surface area (Å²) in [6.07, 6.45) is 2.39. The van der Waals surface area contributed by atoms with Gasteiger partial charge >= 0.3 is 0 Å². The van der Waals surface area contributed by atoms with Gasteiger partial charge in [-0.05, 0) is 55.7 Å². The molecule has 8 nitrogen and oxygen atoms in total. The SMILES string of the molecule is Cc1cccc(OCCCC(=O)NNC(=O)c2ccc3c(=O)n4c(nc3c2)CCC4)c1. The van der Waals surface area contributed by atoms with Gasteiger partial charge in [0.25, 0.3) is 11.5 Å². The van der Waals surface area contributed by atoms with E-state index in [1.807, 2.05) is 31.2 Å². The molecule has 1 aliphatic rings. The van der Waals surface area contributed by atoms with Crippen LogP contribution in [0.4, 0.5) is 0 Å². The van der Waals surface area contributed by atoms with Crippen LogP contribution in [-0.4, -0.2) is 28.0 Å². The van der Waals surface area contributed by atoms with E-state index in [1.165, 1.54) is 0 Å². The third kappa shape index (κ3) is 4.74. The van der Waals surface area contributed by atoms with Gasteiger partial charge in [-0.25, -0.2) is 4.98 Å². The van der Waals surface area contributed by atoms with Crippen LogP contribution in [0.5, 0.6) is 5.75 Å². The van der Waals surface area contributed by atoms with Gasteiger partial charge in [-0.2, -0.15) is 0 Å². The molecule has 3 aromatic rings. The van der Waals surface area contributed by atoms with E-state index in [2.05, 4.69) is 15.8 Å². The van der Waals surface area contributed by atoms with Crippen molar-refractivity contribution in [2.24, 2.45) is 0 Å². The monoisotopic (exact) mass is 420 g/mol. The van der Waals surface area contributed by atoms with Crippen LogP contribution in [0.3, 0.4) is 0 Å². The molecule has 0 unspecified atom stereocenters. The van der Waals surface area contributed by atoms with Crippen molar-refractivity contribution in [3.8, 4) is 5.75 Å². The second-order valence-electron chi connectivity index (χ2n) is 7.59. The van der Waals surface area contributed by atoms with Crippen LogP contribution >= 0.6 is 0 Å². The van der Waals surface area contributed by atoms with Gasteiger partial charge in [0, 0.05) is 24.9 Å². The molecule has 31 heavy (non-hydrogen) atoms. The van der Waals surface area contributed by atoms with E-state index in [4.69, 9.17) is 4.74 Å². The number of aryl methyl sites for hydroxylation is 2. The van der Waals surface area contributed by atoms with Crippen molar-refractivity contribution in [3.05, 3.63) is 69.8 Å². The number of amides is 2. The molecule has 0 saturated heterocycles. The molecule has 2 amide bonds. The largest absolute Gasteiger partial charge is 0.494 e. The number of rotatable bonds is 6. The lowest BCUT2D eigenvalue weighted by Gasteiger charge is -2.10.